The second kappa shape index (κ2) is 7.42. The van der Waals surface area contributed by atoms with Crippen LogP contribution in [0.5, 0.6) is 0 Å². The molecule has 3 atom stereocenters. The van der Waals surface area contributed by atoms with Crippen molar-refractivity contribution in [3.8, 4) is 0 Å². The first-order valence-electron chi connectivity index (χ1n) is 7.94. The Bertz CT molecular complexity index is 502. The van der Waals surface area contributed by atoms with Crippen LogP contribution < -0.4 is 5.32 Å². The lowest BCUT2D eigenvalue weighted by Crippen LogP contribution is -2.49. The van der Waals surface area contributed by atoms with Crippen molar-refractivity contribution in [2.24, 2.45) is 0 Å². The second-order valence-electron chi connectivity index (χ2n) is 6.33. The van der Waals surface area contributed by atoms with Crippen LogP contribution in [0.4, 0.5) is 4.39 Å². The van der Waals surface area contributed by atoms with Gasteiger partial charge in [-0.25, -0.2) is 4.39 Å². The van der Waals surface area contributed by atoms with Crippen molar-refractivity contribution in [3.63, 3.8) is 0 Å². The molecule has 2 heterocycles. The molecule has 1 aromatic rings. The summed E-state index contributed by atoms with van der Waals surface area (Å²) in [7, 11) is 0. The van der Waals surface area contributed by atoms with Gasteiger partial charge in [-0.2, -0.15) is 0 Å². The third kappa shape index (κ3) is 3.61. The van der Waals surface area contributed by atoms with Gasteiger partial charge < -0.3 is 10.2 Å². The van der Waals surface area contributed by atoms with E-state index >= 15 is 0 Å². The monoisotopic (exact) mass is 326 g/mol. The molecule has 0 spiro atoms. The molecule has 1 aromatic carbocycles. The number of nitrogens with one attached hydrogen (secondary N) is 1. The van der Waals surface area contributed by atoms with Crippen LogP contribution in [0, 0.1) is 5.82 Å². The van der Waals surface area contributed by atoms with E-state index in [-0.39, 0.29) is 36.2 Å². The topological polar surface area (TPSA) is 32.3 Å². The molecule has 3 unspecified atom stereocenters. The maximum Gasteiger partial charge on any atom is 0.239 e. The fourth-order valence-corrected chi connectivity index (χ4v) is 3.58. The standard InChI is InChI=1S/C17H23FN2O.ClH/c1-12-10-14(13-5-7-15(18)8-6-13)11-20(12)17(21)16-4-2-3-9-19-16;/h5-8,12,14,16,19H,2-4,9-11H2,1H3;1H. The van der Waals surface area contributed by atoms with Crippen molar-refractivity contribution in [2.45, 2.75) is 50.6 Å². The highest BCUT2D eigenvalue weighted by atomic mass is 35.5. The van der Waals surface area contributed by atoms with Gasteiger partial charge in [-0.15, -0.1) is 12.4 Å². The Morgan fingerprint density at radius 3 is 2.64 bits per heavy atom. The summed E-state index contributed by atoms with van der Waals surface area (Å²) in [5.74, 6) is 0.365. The Balaban J connectivity index is 0.00000176. The molecule has 0 radical (unpaired) electrons. The summed E-state index contributed by atoms with van der Waals surface area (Å²) >= 11 is 0. The first kappa shape index (κ1) is 17.2. The summed E-state index contributed by atoms with van der Waals surface area (Å²) in [5, 5.41) is 3.34. The molecule has 122 valence electrons. The fraction of sp³-hybridized carbons (Fsp3) is 0.588. The molecule has 2 aliphatic heterocycles. The van der Waals surface area contributed by atoms with Crippen molar-refractivity contribution >= 4 is 18.3 Å². The zero-order valence-corrected chi connectivity index (χ0v) is 13.7. The van der Waals surface area contributed by atoms with Crippen LogP contribution in [0.2, 0.25) is 0 Å². The minimum Gasteiger partial charge on any atom is -0.338 e. The minimum atomic E-state index is -0.205. The number of halogens is 2. The minimum absolute atomic E-state index is 0. The molecule has 2 saturated heterocycles. The van der Waals surface area contributed by atoms with Crippen LogP contribution in [0.15, 0.2) is 24.3 Å². The fourth-order valence-electron chi connectivity index (χ4n) is 3.58. The van der Waals surface area contributed by atoms with Crippen molar-refractivity contribution in [1.29, 1.82) is 0 Å². The van der Waals surface area contributed by atoms with E-state index in [1.54, 1.807) is 0 Å². The highest BCUT2D eigenvalue weighted by Gasteiger charge is 2.36. The molecule has 1 amide bonds. The van der Waals surface area contributed by atoms with Crippen molar-refractivity contribution in [3.05, 3.63) is 35.6 Å². The van der Waals surface area contributed by atoms with Gasteiger partial charge in [0, 0.05) is 18.5 Å². The highest BCUT2D eigenvalue weighted by Crippen LogP contribution is 2.32. The number of nitrogens with zero attached hydrogens (tertiary/aromatic N) is 1. The number of rotatable bonds is 2. The molecule has 22 heavy (non-hydrogen) atoms. The summed E-state index contributed by atoms with van der Waals surface area (Å²) in [6.45, 7) is 3.81. The Hall–Kier alpha value is -1.13. The van der Waals surface area contributed by atoms with E-state index < -0.39 is 0 Å². The number of hydrogen-bond acceptors (Lipinski definition) is 2. The third-order valence-electron chi connectivity index (χ3n) is 4.81. The quantitative estimate of drug-likeness (QED) is 0.905. The van der Waals surface area contributed by atoms with E-state index in [4.69, 9.17) is 0 Å². The largest absolute Gasteiger partial charge is 0.338 e. The summed E-state index contributed by atoms with van der Waals surface area (Å²) in [6, 6.07) is 6.96. The molecule has 2 fully saturated rings. The third-order valence-corrected chi connectivity index (χ3v) is 4.81. The van der Waals surface area contributed by atoms with Gasteiger partial charge in [-0.1, -0.05) is 18.6 Å². The van der Waals surface area contributed by atoms with E-state index in [1.807, 2.05) is 17.0 Å². The molecule has 5 heteroatoms. The number of benzene rings is 1. The zero-order chi connectivity index (χ0) is 14.8. The van der Waals surface area contributed by atoms with Crippen molar-refractivity contribution in [2.75, 3.05) is 13.1 Å². The summed E-state index contributed by atoms with van der Waals surface area (Å²) in [6.07, 6.45) is 4.21. The predicted molar refractivity (Wildman–Crippen MR) is 87.8 cm³/mol. The van der Waals surface area contributed by atoms with Crippen LogP contribution in [0.25, 0.3) is 0 Å². The number of likely N-dealkylation sites (tertiary alicyclic amines) is 1. The lowest BCUT2D eigenvalue weighted by atomic mass is 9.97. The number of carbonyl (C=O) groups is 1. The van der Waals surface area contributed by atoms with Gasteiger partial charge in [0.15, 0.2) is 0 Å². The van der Waals surface area contributed by atoms with Crippen molar-refractivity contribution < 1.29 is 9.18 Å². The molecule has 0 saturated carbocycles. The maximum absolute atomic E-state index is 13.0. The molecule has 3 rings (SSSR count). The molecule has 0 bridgehead atoms. The summed E-state index contributed by atoms with van der Waals surface area (Å²) in [4.78, 5) is 14.7. The van der Waals surface area contributed by atoms with Gasteiger partial charge in [0.1, 0.15) is 5.82 Å². The first-order chi connectivity index (χ1) is 10.1. The van der Waals surface area contributed by atoms with Crippen LogP contribution in [-0.2, 0) is 4.79 Å². The van der Waals surface area contributed by atoms with E-state index in [0.717, 1.165) is 44.3 Å². The van der Waals surface area contributed by atoms with Gasteiger partial charge in [-0.3, -0.25) is 4.79 Å². The molecular formula is C17H24ClFN2O. The Kier molecular flexibility index (Phi) is 5.81. The summed E-state index contributed by atoms with van der Waals surface area (Å²) < 4.78 is 13.0. The molecule has 3 nitrogen and oxygen atoms in total. The molecule has 0 aliphatic carbocycles. The predicted octanol–water partition coefficient (Wildman–Crippen LogP) is 3.09. The van der Waals surface area contributed by atoms with Gasteiger partial charge >= 0.3 is 0 Å². The molecule has 1 N–H and O–H groups in total. The normalized spacial score (nSPS) is 28.3. The molecular weight excluding hydrogens is 303 g/mol. The van der Waals surface area contributed by atoms with Gasteiger partial charge in [0.2, 0.25) is 5.91 Å². The number of hydrogen-bond donors (Lipinski definition) is 1. The first-order valence-corrected chi connectivity index (χ1v) is 7.94. The van der Waals surface area contributed by atoms with Gasteiger partial charge in [0.05, 0.1) is 6.04 Å². The van der Waals surface area contributed by atoms with Gasteiger partial charge in [0.25, 0.3) is 0 Å². The number of carbonyl (C=O) groups excluding carboxylic acids is 1. The summed E-state index contributed by atoms with van der Waals surface area (Å²) in [5.41, 5.74) is 1.13. The lowest BCUT2D eigenvalue weighted by Gasteiger charge is -2.29. The average Bonchev–Trinajstić information content (AvgIpc) is 2.90. The Labute approximate surface area is 137 Å². The lowest BCUT2D eigenvalue weighted by molar-refractivity contribution is -0.134. The molecule has 2 aliphatic rings. The van der Waals surface area contributed by atoms with E-state index in [1.165, 1.54) is 12.1 Å². The van der Waals surface area contributed by atoms with E-state index in [0.29, 0.717) is 5.92 Å². The van der Waals surface area contributed by atoms with Crippen molar-refractivity contribution in [1.82, 2.24) is 10.2 Å². The maximum atomic E-state index is 13.0. The van der Waals surface area contributed by atoms with Gasteiger partial charge in [-0.05, 0) is 50.4 Å². The van der Waals surface area contributed by atoms with Crippen LogP contribution >= 0.6 is 12.4 Å². The number of amides is 1. The smallest absolute Gasteiger partial charge is 0.239 e. The molecule has 0 aromatic heterocycles. The number of piperidine rings is 1. The Morgan fingerprint density at radius 2 is 2.00 bits per heavy atom. The van der Waals surface area contributed by atoms with Crippen LogP contribution in [0.3, 0.4) is 0 Å². The highest BCUT2D eigenvalue weighted by molar-refractivity contribution is 5.85. The zero-order valence-electron chi connectivity index (χ0n) is 12.9. The Morgan fingerprint density at radius 1 is 1.27 bits per heavy atom. The average molecular weight is 327 g/mol. The van der Waals surface area contributed by atoms with Crippen LogP contribution in [0.1, 0.15) is 44.1 Å². The second-order valence-corrected chi connectivity index (χ2v) is 6.33. The van der Waals surface area contributed by atoms with E-state index in [2.05, 4.69) is 12.2 Å². The SMILES string of the molecule is CC1CC(c2ccc(F)cc2)CN1C(=O)C1CCCCN1.Cl. The van der Waals surface area contributed by atoms with E-state index in [9.17, 15) is 9.18 Å². The van der Waals surface area contributed by atoms with Crippen LogP contribution in [-0.4, -0.2) is 36.0 Å².